The number of hydrogen-bond donors (Lipinski definition) is 2. The Morgan fingerprint density at radius 3 is 2.86 bits per heavy atom. The van der Waals surface area contributed by atoms with Gasteiger partial charge in [-0.05, 0) is 28.8 Å². The Kier molecular flexibility index (Phi) is 4.23. The summed E-state index contributed by atoms with van der Waals surface area (Å²) in [6.07, 6.45) is 6.09. The Morgan fingerprint density at radius 2 is 2.18 bits per heavy atom. The number of aromatic nitrogens is 4. The zero-order valence-corrected chi connectivity index (χ0v) is 13.2. The van der Waals surface area contributed by atoms with Crippen molar-refractivity contribution in [2.24, 2.45) is 0 Å². The summed E-state index contributed by atoms with van der Waals surface area (Å²) in [6, 6.07) is 0.289. The quantitative estimate of drug-likeness (QED) is 0.839. The summed E-state index contributed by atoms with van der Waals surface area (Å²) in [6.45, 7) is 1.07. The number of piperidine rings is 1. The Balaban J connectivity index is 1.65. The number of amides is 1. The maximum atomic E-state index is 12.3. The van der Waals surface area contributed by atoms with Gasteiger partial charge in [0.25, 0.3) is 5.91 Å². The molecule has 1 aliphatic heterocycles. The number of aromatic amines is 2. The lowest BCUT2D eigenvalue weighted by molar-refractivity contribution is 0.0511. The third kappa shape index (κ3) is 3.35. The summed E-state index contributed by atoms with van der Waals surface area (Å²) >= 11 is 3.26. The molecule has 9 heteroatoms. The number of H-pyrrole nitrogens is 2. The normalized spacial score (nSPS) is 18.2. The minimum atomic E-state index is -0.392. The van der Waals surface area contributed by atoms with E-state index in [1.807, 2.05) is 0 Å². The van der Waals surface area contributed by atoms with Crippen molar-refractivity contribution in [3.63, 3.8) is 0 Å². The van der Waals surface area contributed by atoms with Gasteiger partial charge in [-0.1, -0.05) is 0 Å². The molecule has 2 aromatic rings. The molecule has 1 aliphatic rings. The van der Waals surface area contributed by atoms with Crippen LogP contribution in [0, 0.1) is 0 Å². The summed E-state index contributed by atoms with van der Waals surface area (Å²) in [5, 5.41) is 0. The third-order valence-corrected chi connectivity index (χ3v) is 3.77. The first-order valence-corrected chi connectivity index (χ1v) is 7.62. The number of likely N-dealkylation sites (tertiary alicyclic amines) is 1. The fraction of sp³-hybridized carbons (Fsp3) is 0.385. The molecule has 0 radical (unpaired) electrons. The van der Waals surface area contributed by atoms with Crippen LogP contribution in [0.15, 0.2) is 27.9 Å². The number of imidazole rings is 1. The van der Waals surface area contributed by atoms with Crippen molar-refractivity contribution in [2.75, 3.05) is 13.1 Å². The van der Waals surface area contributed by atoms with Crippen LogP contribution in [0.3, 0.4) is 0 Å². The van der Waals surface area contributed by atoms with Crippen LogP contribution >= 0.6 is 15.9 Å². The van der Waals surface area contributed by atoms with Gasteiger partial charge >= 0.3 is 11.7 Å². The molecule has 2 aromatic heterocycles. The van der Waals surface area contributed by atoms with E-state index in [1.165, 1.54) is 6.20 Å². The van der Waals surface area contributed by atoms with Gasteiger partial charge in [-0.3, -0.25) is 4.79 Å². The maximum absolute atomic E-state index is 12.3. The van der Waals surface area contributed by atoms with Crippen LogP contribution in [-0.2, 0) is 0 Å². The molecule has 8 nitrogen and oxygen atoms in total. The molecule has 0 aromatic carbocycles. The lowest BCUT2D eigenvalue weighted by atomic mass is 10.1. The lowest BCUT2D eigenvalue weighted by Crippen LogP contribution is -2.44. The molecule has 116 valence electrons. The topological polar surface area (TPSA) is 104 Å². The first kappa shape index (κ1) is 14.8. The number of carbonyl (C=O) groups excluding carboxylic acids is 1. The van der Waals surface area contributed by atoms with Gasteiger partial charge in [0.1, 0.15) is 11.8 Å². The van der Waals surface area contributed by atoms with Crippen LogP contribution in [0.1, 0.15) is 23.3 Å². The fourth-order valence-corrected chi connectivity index (χ4v) is 2.55. The Labute approximate surface area is 134 Å². The Hall–Kier alpha value is -2.16. The molecule has 1 fully saturated rings. The minimum Gasteiger partial charge on any atom is -0.458 e. The monoisotopic (exact) mass is 367 g/mol. The second kappa shape index (κ2) is 6.30. The number of nitrogens with one attached hydrogen (secondary N) is 2. The van der Waals surface area contributed by atoms with Gasteiger partial charge in [-0.15, -0.1) is 0 Å². The first-order chi connectivity index (χ1) is 10.6. The summed E-state index contributed by atoms with van der Waals surface area (Å²) in [5.41, 5.74) is -0.137. The number of nitrogens with zero attached hydrogens (tertiary/aromatic N) is 3. The van der Waals surface area contributed by atoms with E-state index in [0.29, 0.717) is 13.1 Å². The zero-order valence-electron chi connectivity index (χ0n) is 11.6. The van der Waals surface area contributed by atoms with E-state index in [4.69, 9.17) is 4.74 Å². The van der Waals surface area contributed by atoms with Crippen LogP contribution in [0.2, 0.25) is 0 Å². The van der Waals surface area contributed by atoms with E-state index in [2.05, 4.69) is 35.9 Å². The maximum Gasteiger partial charge on any atom is 0.323 e. The molecule has 2 N–H and O–H groups in total. The van der Waals surface area contributed by atoms with Gasteiger partial charge in [-0.25, -0.2) is 14.8 Å². The molecular weight excluding hydrogens is 354 g/mol. The van der Waals surface area contributed by atoms with Gasteiger partial charge in [0, 0.05) is 25.1 Å². The van der Waals surface area contributed by atoms with Gasteiger partial charge in [0.2, 0.25) is 0 Å². The van der Waals surface area contributed by atoms with E-state index in [9.17, 15) is 9.59 Å². The SMILES string of the molecule is O=C(c1c[nH]c(=O)[nH]1)N1CCCC(Oc2ncc(Br)cn2)C1. The molecule has 3 heterocycles. The third-order valence-electron chi connectivity index (χ3n) is 3.36. The number of rotatable bonds is 3. The molecule has 3 rings (SSSR count). The smallest absolute Gasteiger partial charge is 0.323 e. The van der Waals surface area contributed by atoms with E-state index in [-0.39, 0.29) is 23.7 Å². The van der Waals surface area contributed by atoms with Crippen LogP contribution in [0.25, 0.3) is 0 Å². The fourth-order valence-electron chi connectivity index (χ4n) is 2.35. The summed E-state index contributed by atoms with van der Waals surface area (Å²) < 4.78 is 6.49. The van der Waals surface area contributed by atoms with E-state index < -0.39 is 5.69 Å². The number of ether oxygens (including phenoxy) is 1. The second-order valence-corrected chi connectivity index (χ2v) is 5.89. The summed E-state index contributed by atoms with van der Waals surface area (Å²) in [7, 11) is 0. The van der Waals surface area contributed by atoms with Crippen LogP contribution < -0.4 is 10.4 Å². The highest BCUT2D eigenvalue weighted by atomic mass is 79.9. The molecule has 0 aliphatic carbocycles. The van der Waals surface area contributed by atoms with Crippen molar-refractivity contribution in [3.8, 4) is 6.01 Å². The van der Waals surface area contributed by atoms with Crippen LogP contribution in [-0.4, -0.2) is 49.9 Å². The van der Waals surface area contributed by atoms with Crippen LogP contribution in [0.5, 0.6) is 6.01 Å². The number of hydrogen-bond acceptors (Lipinski definition) is 5. The minimum absolute atomic E-state index is 0.162. The molecule has 0 saturated carbocycles. The standard InChI is InChI=1S/C13H14BrN5O3/c14-8-4-16-13(17-5-8)22-9-2-1-3-19(7-9)11(20)10-6-15-12(21)18-10/h4-6,9H,1-3,7H2,(H2,15,18,21). The van der Waals surface area contributed by atoms with E-state index in [1.54, 1.807) is 17.3 Å². The van der Waals surface area contributed by atoms with Gasteiger partial charge < -0.3 is 19.6 Å². The molecule has 22 heavy (non-hydrogen) atoms. The zero-order chi connectivity index (χ0) is 15.5. The molecule has 1 saturated heterocycles. The largest absolute Gasteiger partial charge is 0.458 e. The molecule has 0 bridgehead atoms. The van der Waals surface area contributed by atoms with Crippen LogP contribution in [0.4, 0.5) is 0 Å². The van der Waals surface area contributed by atoms with Gasteiger partial charge in [0.05, 0.1) is 11.0 Å². The predicted molar refractivity (Wildman–Crippen MR) is 80.7 cm³/mol. The highest BCUT2D eigenvalue weighted by Crippen LogP contribution is 2.17. The van der Waals surface area contributed by atoms with E-state index >= 15 is 0 Å². The molecular formula is C13H14BrN5O3. The predicted octanol–water partition coefficient (Wildman–Crippen LogP) is 0.939. The van der Waals surface area contributed by atoms with Gasteiger partial charge in [-0.2, -0.15) is 0 Å². The van der Waals surface area contributed by atoms with Crippen molar-refractivity contribution in [2.45, 2.75) is 18.9 Å². The lowest BCUT2D eigenvalue weighted by Gasteiger charge is -2.31. The summed E-state index contributed by atoms with van der Waals surface area (Å²) in [5.74, 6) is -0.219. The van der Waals surface area contributed by atoms with Crippen molar-refractivity contribution >= 4 is 21.8 Å². The van der Waals surface area contributed by atoms with Crippen molar-refractivity contribution in [1.82, 2.24) is 24.8 Å². The molecule has 1 amide bonds. The van der Waals surface area contributed by atoms with Crippen molar-refractivity contribution in [1.29, 1.82) is 0 Å². The van der Waals surface area contributed by atoms with Crippen molar-refractivity contribution in [3.05, 3.63) is 39.2 Å². The average molecular weight is 368 g/mol. The Bertz CT molecular complexity index is 711. The average Bonchev–Trinajstić information content (AvgIpc) is 2.96. The number of carbonyl (C=O) groups is 1. The highest BCUT2D eigenvalue weighted by molar-refractivity contribution is 9.10. The number of halogens is 1. The van der Waals surface area contributed by atoms with Crippen molar-refractivity contribution < 1.29 is 9.53 Å². The molecule has 1 atom stereocenters. The molecule has 1 unspecified atom stereocenters. The highest BCUT2D eigenvalue weighted by Gasteiger charge is 2.27. The second-order valence-electron chi connectivity index (χ2n) is 4.97. The first-order valence-electron chi connectivity index (χ1n) is 6.83. The Morgan fingerprint density at radius 1 is 1.41 bits per heavy atom. The molecule has 0 spiro atoms. The summed E-state index contributed by atoms with van der Waals surface area (Å²) in [4.78, 5) is 38.1. The van der Waals surface area contributed by atoms with E-state index in [0.717, 1.165) is 17.3 Å². The van der Waals surface area contributed by atoms with Gasteiger partial charge in [0.15, 0.2) is 0 Å².